The van der Waals surface area contributed by atoms with Crippen molar-refractivity contribution in [3.63, 3.8) is 0 Å². The number of aliphatic hydroxyl groups excluding tert-OH is 1. The lowest BCUT2D eigenvalue weighted by Crippen LogP contribution is -2.53. The maximum Gasteiger partial charge on any atom is 0.417 e. The number of carbonyl (C=O) groups excluding carboxylic acids is 4. The molecule has 3 aliphatic heterocycles. The molecule has 0 radical (unpaired) electrons. The zero-order valence-corrected chi connectivity index (χ0v) is 41.4. The number of carbonyl (C=O) groups is 4. The summed E-state index contributed by atoms with van der Waals surface area (Å²) < 4.78 is 102. The van der Waals surface area contributed by atoms with Crippen molar-refractivity contribution in [1.29, 1.82) is 0 Å². The van der Waals surface area contributed by atoms with Gasteiger partial charge >= 0.3 is 12.4 Å². The molecule has 1 saturated heterocycles. The molecule has 3 fully saturated rings. The summed E-state index contributed by atoms with van der Waals surface area (Å²) in [7, 11) is 0. The third-order valence-corrected chi connectivity index (χ3v) is 13.9. The number of alkyl halides is 6. The molecule has 0 bridgehead atoms. The Morgan fingerprint density at radius 2 is 1.06 bits per heavy atom. The Labute approximate surface area is 402 Å². The number of aliphatic hydroxyl groups is 1. The van der Waals surface area contributed by atoms with Crippen molar-refractivity contribution in [2.24, 2.45) is 0 Å². The van der Waals surface area contributed by atoms with Crippen molar-refractivity contribution in [2.45, 2.75) is 206 Å². The van der Waals surface area contributed by atoms with E-state index < -0.39 is 69.6 Å². The third-order valence-electron chi connectivity index (χ3n) is 13.9. The molecule has 1 N–H and O–H groups in total. The van der Waals surface area contributed by atoms with Gasteiger partial charge in [0.1, 0.15) is 11.5 Å². The van der Waals surface area contributed by atoms with Gasteiger partial charge in [0.2, 0.25) is 0 Å². The van der Waals surface area contributed by atoms with Crippen molar-refractivity contribution in [2.75, 3.05) is 29.5 Å². The number of rotatable bonds is 13. The van der Waals surface area contributed by atoms with Crippen molar-refractivity contribution in [3.8, 4) is 11.5 Å². The molecular formula is C51H70F6N4O8. The van der Waals surface area contributed by atoms with E-state index in [0.29, 0.717) is 19.4 Å². The van der Waals surface area contributed by atoms with Gasteiger partial charge in [-0.15, -0.1) is 0 Å². The van der Waals surface area contributed by atoms with Crippen LogP contribution >= 0.6 is 0 Å². The normalized spacial score (nSPS) is 20.9. The summed E-state index contributed by atoms with van der Waals surface area (Å²) in [5, 5.41) is 10.0. The van der Waals surface area contributed by atoms with Gasteiger partial charge in [0, 0.05) is 37.3 Å². The lowest BCUT2D eigenvalue weighted by molar-refractivity contribution is -0.139. The van der Waals surface area contributed by atoms with Gasteiger partial charge in [-0.1, -0.05) is 45.4 Å². The van der Waals surface area contributed by atoms with E-state index in [0.717, 1.165) is 82.4 Å². The van der Waals surface area contributed by atoms with E-state index in [1.165, 1.54) is 43.6 Å². The smallest absolute Gasteiger partial charge is 0.417 e. The van der Waals surface area contributed by atoms with Crippen LogP contribution in [0.25, 0.3) is 0 Å². The number of fused-ring (bicyclic) bond motifs is 2. The second-order valence-electron chi connectivity index (χ2n) is 20.7. The first-order chi connectivity index (χ1) is 32.2. The first-order valence-corrected chi connectivity index (χ1v) is 24.6. The highest BCUT2D eigenvalue weighted by Gasteiger charge is 2.48. The Morgan fingerprint density at radius 3 is 1.39 bits per heavy atom. The second kappa shape index (κ2) is 21.0. The Hall–Kier alpha value is -4.58. The summed E-state index contributed by atoms with van der Waals surface area (Å²) in [6.45, 7) is 16.1. The van der Waals surface area contributed by atoms with Crippen molar-refractivity contribution in [3.05, 3.63) is 46.5 Å². The van der Waals surface area contributed by atoms with Crippen molar-refractivity contribution < 1.29 is 64.8 Å². The molecule has 2 aliphatic carbocycles. The number of nitrogens with zero attached hydrogens (tertiary/aromatic N) is 4. The van der Waals surface area contributed by atoms with E-state index in [9.17, 15) is 50.6 Å². The molecule has 384 valence electrons. The van der Waals surface area contributed by atoms with Gasteiger partial charge in [-0.05, 0) is 125 Å². The van der Waals surface area contributed by atoms with Gasteiger partial charge in [-0.3, -0.25) is 19.2 Å². The molecule has 5 aliphatic rings. The zero-order valence-electron chi connectivity index (χ0n) is 41.4. The molecule has 69 heavy (non-hydrogen) atoms. The Morgan fingerprint density at radius 1 is 0.681 bits per heavy atom. The molecular weight excluding hydrogens is 911 g/mol. The van der Waals surface area contributed by atoms with E-state index >= 15 is 0 Å². The summed E-state index contributed by atoms with van der Waals surface area (Å²) >= 11 is 0. The van der Waals surface area contributed by atoms with E-state index in [2.05, 4.69) is 0 Å². The third kappa shape index (κ3) is 12.1. The lowest BCUT2D eigenvalue weighted by atomic mass is 9.92. The van der Waals surface area contributed by atoms with Gasteiger partial charge in [0.15, 0.2) is 11.2 Å². The summed E-state index contributed by atoms with van der Waals surface area (Å²) in [6, 6.07) is 3.34. The number of amides is 4. The fourth-order valence-corrected chi connectivity index (χ4v) is 10.1. The lowest BCUT2D eigenvalue weighted by Gasteiger charge is -2.41. The van der Waals surface area contributed by atoms with Gasteiger partial charge in [0.25, 0.3) is 23.6 Å². The van der Waals surface area contributed by atoms with Crippen molar-refractivity contribution >= 4 is 35.0 Å². The molecule has 4 amide bonds. The molecule has 18 heteroatoms. The first-order valence-electron chi connectivity index (χ1n) is 24.6. The molecule has 12 nitrogen and oxygen atoms in total. The highest BCUT2D eigenvalue weighted by Crippen LogP contribution is 2.47. The van der Waals surface area contributed by atoms with Gasteiger partial charge in [-0.2, -0.15) is 26.3 Å². The standard InChI is InChI=1S/C26H37F3N2O4.C25H33F3N2O4/c1-6-18(32)12-13-30-21-14-19(23(33)31(16(2)3)17-10-8-7-9-11-17)20(26(27,28)29)15-22(21)35-25(4,5)24(30)34;1-15(2)30(16-8-6-5-7-9-16)22(31)18-12-20-21(13-19(18)25(26,27)28)34-24(3,4)23(32)29(20)11-10-17-14-33-17/h14-18,32H,6-13H2,1-5H3;12-13,15-17H,5-11,14H2,1-4H3. The predicted molar refractivity (Wildman–Crippen MR) is 249 cm³/mol. The minimum Gasteiger partial charge on any atom is -0.476 e. The predicted octanol–water partition coefficient (Wildman–Crippen LogP) is 10.7. The monoisotopic (exact) mass is 981 g/mol. The summed E-state index contributed by atoms with van der Waals surface area (Å²) in [4.78, 5) is 59.6. The average Bonchev–Trinajstić information content (AvgIpc) is 4.10. The maximum absolute atomic E-state index is 14.2. The Balaban J connectivity index is 0.000000227. The van der Waals surface area contributed by atoms with Crippen LogP contribution < -0.4 is 19.3 Å². The summed E-state index contributed by atoms with van der Waals surface area (Å²) in [5.74, 6) is -2.27. The second-order valence-corrected chi connectivity index (χ2v) is 20.7. The number of hydrogen-bond acceptors (Lipinski definition) is 8. The SMILES string of the molecule is CC(C)N(C(=O)c1cc2c(cc1C(F)(F)F)OC(C)(C)C(=O)N2CCC1CO1)C1CCCCC1.CCC(O)CCN1C(=O)C(C)(C)Oc2cc(C(F)(F)F)c(C(=O)N(C(C)C)C3CCCCC3)cc21. The van der Waals surface area contributed by atoms with Gasteiger partial charge < -0.3 is 38.9 Å². The molecule has 0 spiro atoms. The molecule has 2 unspecified atom stereocenters. The van der Waals surface area contributed by atoms with Crippen LogP contribution in [0.5, 0.6) is 11.5 Å². The number of epoxide rings is 1. The molecule has 2 atom stereocenters. The van der Waals surface area contributed by atoms with Gasteiger partial charge in [0.05, 0.1) is 52.4 Å². The van der Waals surface area contributed by atoms with Crippen LogP contribution in [-0.2, 0) is 26.7 Å². The van der Waals surface area contributed by atoms with Crippen LogP contribution in [0.2, 0.25) is 0 Å². The van der Waals surface area contributed by atoms with E-state index in [4.69, 9.17) is 14.2 Å². The molecule has 3 heterocycles. The van der Waals surface area contributed by atoms with E-state index in [1.807, 2.05) is 34.6 Å². The van der Waals surface area contributed by atoms with Crippen molar-refractivity contribution in [1.82, 2.24) is 9.80 Å². The number of benzene rings is 2. The van der Waals surface area contributed by atoms with E-state index in [-0.39, 0.29) is 78.6 Å². The summed E-state index contributed by atoms with van der Waals surface area (Å²) in [5.41, 5.74) is -5.39. The zero-order chi connectivity index (χ0) is 51.0. The number of halogens is 6. The fraction of sp³-hybridized carbons (Fsp3) is 0.686. The number of anilines is 2. The van der Waals surface area contributed by atoms with Gasteiger partial charge in [-0.25, -0.2) is 0 Å². The minimum atomic E-state index is -4.78. The minimum absolute atomic E-state index is 0.0421. The summed E-state index contributed by atoms with van der Waals surface area (Å²) in [6.07, 6.45) is 0.0991. The van der Waals surface area contributed by atoms with Crippen LogP contribution in [0.1, 0.15) is 178 Å². The molecule has 0 aromatic heterocycles. The van der Waals surface area contributed by atoms with Crippen LogP contribution in [0, 0.1) is 0 Å². The average molecular weight is 981 g/mol. The Bertz CT molecular complexity index is 2190. The largest absolute Gasteiger partial charge is 0.476 e. The maximum atomic E-state index is 14.2. The molecule has 2 aromatic carbocycles. The number of hydrogen-bond donors (Lipinski definition) is 1. The number of ether oxygens (including phenoxy) is 3. The van der Waals surface area contributed by atoms with E-state index in [1.54, 1.807) is 9.80 Å². The van der Waals surface area contributed by atoms with Crippen LogP contribution in [0.15, 0.2) is 24.3 Å². The van der Waals surface area contributed by atoms with Crippen LogP contribution in [0.4, 0.5) is 37.7 Å². The quantitative estimate of drug-likeness (QED) is 0.155. The molecule has 2 saturated carbocycles. The first kappa shape index (κ1) is 53.8. The highest BCUT2D eigenvalue weighted by atomic mass is 19.4. The topological polar surface area (TPSA) is 132 Å². The molecule has 2 aromatic rings. The van der Waals surface area contributed by atoms with Crippen LogP contribution in [0.3, 0.4) is 0 Å². The fourth-order valence-electron chi connectivity index (χ4n) is 10.1. The Kier molecular flexibility index (Phi) is 16.4. The highest BCUT2D eigenvalue weighted by molar-refractivity contribution is 6.06. The van der Waals surface area contributed by atoms with Crippen LogP contribution in [-0.4, -0.2) is 106 Å². The molecule has 7 rings (SSSR count).